The number of nitrogens with two attached hydrogens (primary N) is 1. The van der Waals surface area contributed by atoms with Crippen LogP contribution >= 0.6 is 11.6 Å². The number of carbonyl (C=O) groups excluding carboxylic acids is 4. The van der Waals surface area contributed by atoms with Crippen LogP contribution in [0.25, 0.3) is 0 Å². The zero-order chi connectivity index (χ0) is 21.6. The van der Waals surface area contributed by atoms with Gasteiger partial charge in [-0.15, -0.1) is 0 Å². The predicted octanol–water partition coefficient (Wildman–Crippen LogP) is 0.362. The van der Waals surface area contributed by atoms with E-state index >= 15 is 0 Å². The molecule has 10 heteroatoms. The molecule has 30 heavy (non-hydrogen) atoms. The molecule has 0 aromatic heterocycles. The minimum Gasteiger partial charge on any atom is -0.385 e. The molecule has 9 nitrogen and oxygen atoms in total. The molecule has 1 aromatic rings. The smallest absolute Gasteiger partial charge is 0.250 e. The second-order valence-corrected chi connectivity index (χ2v) is 8.32. The van der Waals surface area contributed by atoms with Crippen molar-refractivity contribution in [2.45, 2.75) is 30.8 Å². The monoisotopic (exact) mass is 434 g/mol. The summed E-state index contributed by atoms with van der Waals surface area (Å²) in [5.74, 6) is -3.36. The Morgan fingerprint density at radius 2 is 2.07 bits per heavy atom. The molecule has 4 atom stereocenters. The van der Waals surface area contributed by atoms with Crippen LogP contribution < -0.4 is 16.4 Å². The highest BCUT2D eigenvalue weighted by Crippen LogP contribution is 2.53. The van der Waals surface area contributed by atoms with Gasteiger partial charge in [0.2, 0.25) is 23.6 Å². The number of carbonyl (C=O) groups is 4. The summed E-state index contributed by atoms with van der Waals surface area (Å²) in [5.41, 5.74) is 4.97. The molecule has 3 aliphatic rings. The highest BCUT2D eigenvalue weighted by atomic mass is 35.5. The fourth-order valence-electron chi connectivity index (χ4n) is 4.97. The van der Waals surface area contributed by atoms with E-state index in [1.807, 2.05) is 0 Å². The van der Waals surface area contributed by atoms with Crippen molar-refractivity contribution in [3.05, 3.63) is 28.8 Å². The Kier molecular flexibility index (Phi) is 5.29. The number of primary amides is 1. The van der Waals surface area contributed by atoms with Crippen molar-refractivity contribution in [1.82, 2.24) is 10.2 Å². The number of methoxy groups -OCH3 is 1. The summed E-state index contributed by atoms with van der Waals surface area (Å²) in [7, 11) is 1.55. The summed E-state index contributed by atoms with van der Waals surface area (Å²) in [4.78, 5) is 52.4. The van der Waals surface area contributed by atoms with Gasteiger partial charge in [-0.3, -0.25) is 29.4 Å². The molecule has 0 aliphatic carbocycles. The molecular weight excluding hydrogens is 412 g/mol. The number of hydrogen-bond acceptors (Lipinski definition) is 6. The first-order valence-electron chi connectivity index (χ1n) is 9.83. The fraction of sp³-hybridized carbons (Fsp3) is 0.500. The van der Waals surface area contributed by atoms with Gasteiger partial charge in [0.1, 0.15) is 5.54 Å². The molecular formula is C20H23ClN4O5. The number of imide groups is 1. The molecule has 4 amide bonds. The summed E-state index contributed by atoms with van der Waals surface area (Å²) < 4.78 is 5.03. The molecule has 1 spiro atoms. The standard InChI is InChI=1S/C20H23ClN4O5/c1-30-8-2-7-25-17(27)15-13(5-6-14(22)26)24-20(16(15)18(25)28)11-9-10(21)3-4-12(11)23-19(20)29/h3-4,9,13,15-16,24H,2,5-8H2,1H3,(H2,22,26)(H,23,29)/t13-,15-,16+,20-/m1/s1. The third kappa shape index (κ3) is 3.00. The van der Waals surface area contributed by atoms with Gasteiger partial charge in [0.25, 0.3) is 0 Å². The van der Waals surface area contributed by atoms with Gasteiger partial charge in [0.15, 0.2) is 0 Å². The Morgan fingerprint density at radius 3 is 2.77 bits per heavy atom. The quantitative estimate of drug-likeness (QED) is 0.419. The van der Waals surface area contributed by atoms with Crippen molar-refractivity contribution >= 4 is 40.9 Å². The summed E-state index contributed by atoms with van der Waals surface area (Å²) in [6, 6.07) is 4.41. The average molecular weight is 435 g/mol. The molecule has 0 unspecified atom stereocenters. The first-order chi connectivity index (χ1) is 14.3. The lowest BCUT2D eigenvalue weighted by Crippen LogP contribution is -2.53. The molecule has 2 fully saturated rings. The Hall–Kier alpha value is -2.49. The van der Waals surface area contributed by atoms with Gasteiger partial charge in [-0.05, 0) is 31.0 Å². The summed E-state index contributed by atoms with van der Waals surface area (Å²) in [5, 5.41) is 6.45. The minimum absolute atomic E-state index is 0.0339. The zero-order valence-corrected chi connectivity index (χ0v) is 17.2. The summed E-state index contributed by atoms with van der Waals surface area (Å²) in [6.45, 7) is 0.612. The van der Waals surface area contributed by atoms with Gasteiger partial charge in [0, 0.05) is 49.0 Å². The Morgan fingerprint density at radius 1 is 1.30 bits per heavy atom. The van der Waals surface area contributed by atoms with Crippen LogP contribution in [-0.4, -0.2) is 54.8 Å². The van der Waals surface area contributed by atoms with E-state index < -0.39 is 41.1 Å². The van der Waals surface area contributed by atoms with Gasteiger partial charge in [-0.2, -0.15) is 0 Å². The van der Waals surface area contributed by atoms with Crippen LogP contribution in [0.3, 0.4) is 0 Å². The van der Waals surface area contributed by atoms with E-state index in [-0.39, 0.29) is 25.3 Å². The van der Waals surface area contributed by atoms with E-state index in [2.05, 4.69) is 10.6 Å². The van der Waals surface area contributed by atoms with Gasteiger partial charge in [-0.1, -0.05) is 11.6 Å². The molecule has 1 aromatic carbocycles. The summed E-state index contributed by atoms with van der Waals surface area (Å²) in [6.07, 6.45) is 0.771. The third-order valence-corrected chi connectivity index (χ3v) is 6.44. The molecule has 4 N–H and O–H groups in total. The lowest BCUT2D eigenvalue weighted by molar-refractivity contribution is -0.143. The van der Waals surface area contributed by atoms with Gasteiger partial charge < -0.3 is 15.8 Å². The second-order valence-electron chi connectivity index (χ2n) is 7.89. The summed E-state index contributed by atoms with van der Waals surface area (Å²) >= 11 is 6.19. The number of likely N-dealkylation sites (tertiary alicyclic amines) is 1. The molecule has 0 saturated carbocycles. The first-order valence-corrected chi connectivity index (χ1v) is 10.2. The molecule has 3 aliphatic heterocycles. The molecule has 0 bridgehead atoms. The third-order valence-electron chi connectivity index (χ3n) is 6.20. The second kappa shape index (κ2) is 7.64. The first kappa shape index (κ1) is 20.8. The van der Waals surface area contributed by atoms with Crippen LogP contribution in [0.5, 0.6) is 0 Å². The number of nitrogens with one attached hydrogen (secondary N) is 2. The van der Waals surface area contributed by atoms with E-state index in [1.54, 1.807) is 25.3 Å². The van der Waals surface area contributed by atoms with Crippen LogP contribution in [0.1, 0.15) is 24.8 Å². The molecule has 3 heterocycles. The number of hydrogen-bond donors (Lipinski definition) is 3. The zero-order valence-electron chi connectivity index (χ0n) is 16.4. The maximum absolute atomic E-state index is 13.4. The maximum atomic E-state index is 13.4. The maximum Gasteiger partial charge on any atom is 0.250 e. The number of benzene rings is 1. The number of amides is 4. The van der Waals surface area contributed by atoms with Crippen molar-refractivity contribution < 1.29 is 23.9 Å². The van der Waals surface area contributed by atoms with E-state index in [1.165, 1.54) is 4.90 Å². The lowest BCUT2D eigenvalue weighted by Gasteiger charge is -2.29. The van der Waals surface area contributed by atoms with E-state index in [0.29, 0.717) is 29.3 Å². The van der Waals surface area contributed by atoms with Crippen LogP contribution in [0.4, 0.5) is 5.69 Å². The van der Waals surface area contributed by atoms with Gasteiger partial charge >= 0.3 is 0 Å². The number of nitrogens with zero attached hydrogens (tertiary/aromatic N) is 1. The van der Waals surface area contributed by atoms with Crippen molar-refractivity contribution in [2.75, 3.05) is 25.6 Å². The predicted molar refractivity (Wildman–Crippen MR) is 107 cm³/mol. The normalized spacial score (nSPS) is 29.5. The van der Waals surface area contributed by atoms with E-state index in [4.69, 9.17) is 22.1 Å². The molecule has 2 saturated heterocycles. The van der Waals surface area contributed by atoms with Crippen molar-refractivity contribution in [3.8, 4) is 0 Å². The van der Waals surface area contributed by atoms with Gasteiger partial charge in [-0.25, -0.2) is 0 Å². The number of fused-ring (bicyclic) bond motifs is 4. The molecule has 160 valence electrons. The molecule has 0 radical (unpaired) electrons. The van der Waals surface area contributed by atoms with Crippen LogP contribution in [0.2, 0.25) is 5.02 Å². The van der Waals surface area contributed by atoms with E-state index in [9.17, 15) is 19.2 Å². The topological polar surface area (TPSA) is 131 Å². The lowest BCUT2D eigenvalue weighted by atomic mass is 9.76. The number of rotatable bonds is 7. The van der Waals surface area contributed by atoms with Crippen LogP contribution in [-0.2, 0) is 29.5 Å². The van der Waals surface area contributed by atoms with E-state index in [0.717, 1.165) is 0 Å². The van der Waals surface area contributed by atoms with Crippen molar-refractivity contribution in [3.63, 3.8) is 0 Å². The Balaban J connectivity index is 1.77. The number of halogens is 1. The Labute approximate surface area is 178 Å². The van der Waals surface area contributed by atoms with Crippen LogP contribution in [0.15, 0.2) is 18.2 Å². The van der Waals surface area contributed by atoms with Crippen molar-refractivity contribution in [1.29, 1.82) is 0 Å². The van der Waals surface area contributed by atoms with Gasteiger partial charge in [0.05, 0.1) is 11.8 Å². The minimum atomic E-state index is -1.42. The largest absolute Gasteiger partial charge is 0.385 e. The highest BCUT2D eigenvalue weighted by Gasteiger charge is 2.70. The average Bonchev–Trinajstić information content (AvgIpc) is 3.27. The number of ether oxygens (including phenoxy) is 1. The van der Waals surface area contributed by atoms with Crippen molar-refractivity contribution in [2.24, 2.45) is 17.6 Å². The fourth-order valence-corrected chi connectivity index (χ4v) is 5.14. The highest BCUT2D eigenvalue weighted by molar-refractivity contribution is 6.31. The molecule has 4 rings (SSSR count). The van der Waals surface area contributed by atoms with Crippen LogP contribution in [0, 0.1) is 11.8 Å². The number of anilines is 1. The Bertz CT molecular complexity index is 938. The SMILES string of the molecule is COCCCN1C(=O)[C@H]2[C@@H](C1=O)[C@@]1(N[C@@H]2CCC(N)=O)C(=O)Nc2ccc(Cl)cc21.